The lowest BCUT2D eigenvalue weighted by Gasteiger charge is -2.26. The summed E-state index contributed by atoms with van der Waals surface area (Å²) in [7, 11) is 0. The number of hydrogen-bond acceptors (Lipinski definition) is 4. The molecule has 19 heavy (non-hydrogen) atoms. The van der Waals surface area contributed by atoms with Crippen LogP contribution in [-0.2, 0) is 16.0 Å². The Kier molecular flexibility index (Phi) is 3.96. The van der Waals surface area contributed by atoms with Crippen molar-refractivity contribution in [1.82, 2.24) is 9.88 Å². The molecule has 1 amide bonds. The summed E-state index contributed by atoms with van der Waals surface area (Å²) in [5.41, 5.74) is -0.334. The molecule has 2 heterocycles. The van der Waals surface area contributed by atoms with Gasteiger partial charge in [0, 0.05) is 24.8 Å². The number of nitrogens with zero attached hydrogens (tertiary/aromatic N) is 1. The van der Waals surface area contributed by atoms with Crippen molar-refractivity contribution < 1.29 is 19.4 Å². The normalized spacial score (nSPS) is 15.3. The largest absolute Gasteiger partial charge is 0.478 e. The van der Waals surface area contributed by atoms with E-state index in [1.165, 1.54) is 6.07 Å². The molecule has 7 nitrogen and oxygen atoms in total. The van der Waals surface area contributed by atoms with E-state index in [-0.39, 0.29) is 17.9 Å². The third-order valence-corrected chi connectivity index (χ3v) is 2.85. The lowest BCUT2D eigenvalue weighted by Crippen LogP contribution is -2.41. The van der Waals surface area contributed by atoms with Crippen LogP contribution in [0.5, 0.6) is 0 Å². The van der Waals surface area contributed by atoms with Crippen molar-refractivity contribution in [3.05, 3.63) is 33.7 Å². The Hall–Kier alpha value is -2.15. The number of hydrogen-bond donors (Lipinski definition) is 2. The zero-order valence-electron chi connectivity index (χ0n) is 10.2. The molecule has 1 aliphatic rings. The summed E-state index contributed by atoms with van der Waals surface area (Å²) in [5, 5.41) is 8.85. The first-order chi connectivity index (χ1) is 9.06. The number of carboxylic acids is 1. The highest BCUT2D eigenvalue weighted by Crippen LogP contribution is 2.04. The summed E-state index contributed by atoms with van der Waals surface area (Å²) in [4.78, 5) is 38.2. The van der Waals surface area contributed by atoms with E-state index in [9.17, 15) is 14.4 Å². The number of nitrogens with one attached hydrogen (secondary N) is 1. The Morgan fingerprint density at radius 2 is 2.00 bits per heavy atom. The third kappa shape index (κ3) is 3.41. The van der Waals surface area contributed by atoms with Crippen LogP contribution in [0.15, 0.2) is 16.9 Å². The van der Waals surface area contributed by atoms with Crippen LogP contribution in [0.25, 0.3) is 0 Å². The van der Waals surface area contributed by atoms with Gasteiger partial charge >= 0.3 is 5.97 Å². The van der Waals surface area contributed by atoms with Crippen LogP contribution in [-0.4, -0.2) is 53.2 Å². The van der Waals surface area contributed by atoms with Crippen LogP contribution in [0.4, 0.5) is 0 Å². The molecule has 0 bridgehead atoms. The van der Waals surface area contributed by atoms with Gasteiger partial charge in [-0.1, -0.05) is 0 Å². The van der Waals surface area contributed by atoms with Crippen LogP contribution >= 0.6 is 0 Å². The average molecular weight is 266 g/mol. The number of aromatic nitrogens is 1. The summed E-state index contributed by atoms with van der Waals surface area (Å²) in [6.45, 7) is 2.03. The second-order valence-corrected chi connectivity index (χ2v) is 4.23. The number of rotatable bonds is 3. The molecule has 0 spiro atoms. The van der Waals surface area contributed by atoms with Crippen molar-refractivity contribution in [2.75, 3.05) is 26.3 Å². The molecule has 2 N–H and O–H groups in total. The fraction of sp³-hybridized carbons (Fsp3) is 0.417. The highest BCUT2D eigenvalue weighted by molar-refractivity contribution is 5.88. The van der Waals surface area contributed by atoms with Crippen molar-refractivity contribution in [2.24, 2.45) is 0 Å². The van der Waals surface area contributed by atoms with Gasteiger partial charge < -0.3 is 19.7 Å². The maximum atomic E-state index is 12.0. The van der Waals surface area contributed by atoms with Gasteiger partial charge in [0.1, 0.15) is 0 Å². The van der Waals surface area contributed by atoms with E-state index in [0.717, 1.165) is 6.07 Å². The Bertz CT molecular complexity index is 545. The van der Waals surface area contributed by atoms with Crippen LogP contribution in [0.1, 0.15) is 16.1 Å². The summed E-state index contributed by atoms with van der Waals surface area (Å²) >= 11 is 0. The van der Waals surface area contributed by atoms with Gasteiger partial charge in [0.15, 0.2) is 0 Å². The molecule has 0 unspecified atom stereocenters. The van der Waals surface area contributed by atoms with E-state index in [0.29, 0.717) is 32.0 Å². The SMILES string of the molecule is O=C(O)c1cc(CC(=O)N2CCOCC2)[nH]c(=O)c1. The fourth-order valence-electron chi connectivity index (χ4n) is 1.91. The van der Waals surface area contributed by atoms with Crippen LogP contribution in [0.3, 0.4) is 0 Å². The zero-order valence-corrected chi connectivity index (χ0v) is 10.2. The van der Waals surface area contributed by atoms with E-state index >= 15 is 0 Å². The van der Waals surface area contributed by atoms with Crippen molar-refractivity contribution in [1.29, 1.82) is 0 Å². The summed E-state index contributed by atoms with van der Waals surface area (Å²) in [5.74, 6) is -1.34. The number of aromatic amines is 1. The molecule has 1 aromatic heterocycles. The Balaban J connectivity index is 2.11. The second kappa shape index (κ2) is 5.66. The minimum absolute atomic E-state index is 0.0175. The number of amides is 1. The standard InChI is InChI=1S/C12H14N2O5/c15-10-6-8(12(17)18)5-9(13-10)7-11(16)14-1-3-19-4-2-14/h5-6H,1-4,7H2,(H,13,15)(H,17,18). The lowest BCUT2D eigenvalue weighted by molar-refractivity contribution is -0.134. The van der Waals surface area contributed by atoms with Crippen molar-refractivity contribution >= 4 is 11.9 Å². The molecule has 1 saturated heterocycles. The first kappa shape index (κ1) is 13.3. The maximum Gasteiger partial charge on any atom is 0.335 e. The van der Waals surface area contributed by atoms with E-state index in [4.69, 9.17) is 9.84 Å². The fourth-order valence-corrected chi connectivity index (χ4v) is 1.91. The molecule has 0 aliphatic carbocycles. The Labute approximate surface area is 108 Å². The number of aromatic carboxylic acids is 1. The van der Waals surface area contributed by atoms with E-state index < -0.39 is 11.5 Å². The highest BCUT2D eigenvalue weighted by atomic mass is 16.5. The predicted octanol–water partition coefficient (Wildman–Crippen LogP) is -0.526. The second-order valence-electron chi connectivity index (χ2n) is 4.23. The molecule has 0 atom stereocenters. The summed E-state index contributed by atoms with van der Waals surface area (Å²) in [6, 6.07) is 2.30. The monoisotopic (exact) mass is 266 g/mol. The van der Waals surface area contributed by atoms with E-state index in [1.54, 1.807) is 4.90 Å². The first-order valence-corrected chi connectivity index (χ1v) is 5.88. The van der Waals surface area contributed by atoms with Crippen LogP contribution in [0, 0.1) is 0 Å². The van der Waals surface area contributed by atoms with Crippen molar-refractivity contribution in [2.45, 2.75) is 6.42 Å². The lowest BCUT2D eigenvalue weighted by atomic mass is 10.2. The Morgan fingerprint density at radius 1 is 1.32 bits per heavy atom. The topological polar surface area (TPSA) is 99.7 Å². The van der Waals surface area contributed by atoms with Crippen LogP contribution < -0.4 is 5.56 Å². The number of carbonyl (C=O) groups excluding carboxylic acids is 1. The quantitative estimate of drug-likeness (QED) is 0.766. The van der Waals surface area contributed by atoms with E-state index in [1.807, 2.05) is 0 Å². The van der Waals surface area contributed by atoms with Gasteiger partial charge in [0.05, 0.1) is 25.2 Å². The molecular weight excluding hydrogens is 252 g/mol. The Morgan fingerprint density at radius 3 is 2.63 bits per heavy atom. The zero-order chi connectivity index (χ0) is 13.8. The summed E-state index contributed by atoms with van der Waals surface area (Å²) < 4.78 is 5.14. The molecular formula is C12H14N2O5. The third-order valence-electron chi connectivity index (χ3n) is 2.85. The minimum atomic E-state index is -1.19. The number of carbonyl (C=O) groups is 2. The maximum absolute atomic E-state index is 12.0. The molecule has 0 aromatic carbocycles. The molecule has 1 fully saturated rings. The average Bonchev–Trinajstić information content (AvgIpc) is 2.39. The van der Waals surface area contributed by atoms with Gasteiger partial charge in [-0.3, -0.25) is 9.59 Å². The number of carboxylic acid groups (broad SMARTS) is 1. The molecule has 102 valence electrons. The molecule has 2 rings (SSSR count). The molecule has 1 aliphatic heterocycles. The van der Waals surface area contributed by atoms with Gasteiger partial charge in [-0.15, -0.1) is 0 Å². The summed E-state index contributed by atoms with van der Waals surface area (Å²) in [6.07, 6.45) is -0.0175. The number of ether oxygens (including phenoxy) is 1. The minimum Gasteiger partial charge on any atom is -0.478 e. The molecule has 0 saturated carbocycles. The van der Waals surface area contributed by atoms with Gasteiger partial charge in [0.2, 0.25) is 11.5 Å². The highest BCUT2D eigenvalue weighted by Gasteiger charge is 2.18. The number of morpholine rings is 1. The van der Waals surface area contributed by atoms with Crippen LogP contribution in [0.2, 0.25) is 0 Å². The van der Waals surface area contributed by atoms with Gasteiger partial charge in [-0.25, -0.2) is 4.79 Å². The molecule has 7 heteroatoms. The van der Waals surface area contributed by atoms with Gasteiger partial charge in [-0.2, -0.15) is 0 Å². The smallest absolute Gasteiger partial charge is 0.335 e. The first-order valence-electron chi connectivity index (χ1n) is 5.88. The van der Waals surface area contributed by atoms with Gasteiger partial charge in [-0.05, 0) is 6.07 Å². The molecule has 0 radical (unpaired) electrons. The van der Waals surface area contributed by atoms with Crippen molar-refractivity contribution in [3.63, 3.8) is 0 Å². The predicted molar refractivity (Wildman–Crippen MR) is 65.1 cm³/mol. The van der Waals surface area contributed by atoms with E-state index in [2.05, 4.69) is 4.98 Å². The van der Waals surface area contributed by atoms with Crippen molar-refractivity contribution in [3.8, 4) is 0 Å². The number of H-pyrrole nitrogens is 1. The number of pyridine rings is 1. The van der Waals surface area contributed by atoms with Gasteiger partial charge in [0.25, 0.3) is 0 Å². The molecule has 1 aromatic rings.